The Hall–Kier alpha value is -2.95. The predicted molar refractivity (Wildman–Crippen MR) is 91.2 cm³/mol. The molecule has 25 heavy (non-hydrogen) atoms. The molecular weight excluding hydrogens is 318 g/mol. The maximum absolute atomic E-state index is 12.7. The highest BCUT2D eigenvalue weighted by atomic mass is 16.5. The fraction of sp³-hybridized carbons (Fsp3) is 0.250. The van der Waals surface area contributed by atoms with Gasteiger partial charge in [0.15, 0.2) is 5.78 Å². The van der Waals surface area contributed by atoms with Crippen molar-refractivity contribution in [1.29, 1.82) is 0 Å². The van der Waals surface area contributed by atoms with Crippen LogP contribution in [0.25, 0.3) is 0 Å². The van der Waals surface area contributed by atoms with Crippen molar-refractivity contribution in [3.63, 3.8) is 0 Å². The Morgan fingerprint density at radius 3 is 2.16 bits per heavy atom. The van der Waals surface area contributed by atoms with Crippen LogP contribution in [0.5, 0.6) is 0 Å². The summed E-state index contributed by atoms with van der Waals surface area (Å²) in [7, 11) is 0. The summed E-state index contributed by atoms with van der Waals surface area (Å²) in [4.78, 5) is 39.0. The van der Waals surface area contributed by atoms with E-state index in [4.69, 9.17) is 4.74 Å². The SMILES string of the molecule is CC1(C(=O)OCc2ccccc2)C(=O)CN(Cc2ccccc2)C1=O. The Morgan fingerprint density at radius 1 is 1.00 bits per heavy atom. The third-order valence-electron chi connectivity index (χ3n) is 4.44. The van der Waals surface area contributed by atoms with Crippen molar-refractivity contribution in [2.75, 3.05) is 6.54 Å². The van der Waals surface area contributed by atoms with Crippen LogP contribution in [0.1, 0.15) is 18.1 Å². The first-order valence-corrected chi connectivity index (χ1v) is 8.09. The van der Waals surface area contributed by atoms with Crippen molar-refractivity contribution in [2.45, 2.75) is 20.1 Å². The van der Waals surface area contributed by atoms with E-state index in [1.165, 1.54) is 11.8 Å². The molecule has 1 fully saturated rings. The first kappa shape index (κ1) is 16.9. The van der Waals surface area contributed by atoms with Crippen molar-refractivity contribution in [3.05, 3.63) is 71.8 Å². The molecule has 0 aliphatic carbocycles. The van der Waals surface area contributed by atoms with Crippen molar-refractivity contribution in [2.24, 2.45) is 5.41 Å². The van der Waals surface area contributed by atoms with Crippen LogP contribution in [0.2, 0.25) is 0 Å². The van der Waals surface area contributed by atoms with Gasteiger partial charge in [-0.1, -0.05) is 60.7 Å². The van der Waals surface area contributed by atoms with Gasteiger partial charge in [-0.25, -0.2) is 0 Å². The van der Waals surface area contributed by atoms with Crippen LogP contribution in [0.15, 0.2) is 60.7 Å². The summed E-state index contributed by atoms with van der Waals surface area (Å²) in [6, 6.07) is 18.5. The number of hydrogen-bond donors (Lipinski definition) is 0. The first-order chi connectivity index (χ1) is 12.0. The number of esters is 1. The van der Waals surface area contributed by atoms with Gasteiger partial charge in [0.05, 0.1) is 6.54 Å². The highest BCUT2D eigenvalue weighted by Crippen LogP contribution is 2.31. The smallest absolute Gasteiger partial charge is 0.329 e. The summed E-state index contributed by atoms with van der Waals surface area (Å²) in [6.45, 7) is 1.61. The molecule has 0 bridgehead atoms. The van der Waals surface area contributed by atoms with Crippen molar-refractivity contribution < 1.29 is 19.1 Å². The van der Waals surface area contributed by atoms with Crippen LogP contribution in [0.3, 0.4) is 0 Å². The largest absolute Gasteiger partial charge is 0.460 e. The fourth-order valence-electron chi connectivity index (χ4n) is 2.84. The second kappa shape index (κ2) is 6.89. The zero-order valence-electron chi connectivity index (χ0n) is 14.0. The van der Waals surface area contributed by atoms with Crippen LogP contribution in [0.4, 0.5) is 0 Å². The van der Waals surface area contributed by atoms with Gasteiger partial charge in [0.1, 0.15) is 6.61 Å². The van der Waals surface area contributed by atoms with Gasteiger partial charge in [-0.05, 0) is 18.1 Å². The highest BCUT2D eigenvalue weighted by molar-refractivity contribution is 6.25. The fourth-order valence-corrected chi connectivity index (χ4v) is 2.84. The molecule has 0 spiro atoms. The summed E-state index contributed by atoms with van der Waals surface area (Å²) >= 11 is 0. The zero-order valence-corrected chi connectivity index (χ0v) is 14.0. The number of nitrogens with zero attached hydrogens (tertiary/aromatic N) is 1. The van der Waals surface area contributed by atoms with Crippen LogP contribution in [0, 0.1) is 5.41 Å². The molecule has 3 rings (SSSR count). The van der Waals surface area contributed by atoms with E-state index >= 15 is 0 Å². The number of carbonyl (C=O) groups excluding carboxylic acids is 3. The second-order valence-electron chi connectivity index (χ2n) is 6.26. The van der Waals surface area contributed by atoms with Gasteiger partial charge in [0, 0.05) is 6.54 Å². The molecule has 0 aromatic heterocycles. The van der Waals surface area contributed by atoms with Crippen LogP contribution >= 0.6 is 0 Å². The molecule has 1 unspecified atom stereocenters. The summed E-state index contributed by atoms with van der Waals surface area (Å²) in [5.74, 6) is -1.71. The quantitative estimate of drug-likeness (QED) is 0.621. The Balaban J connectivity index is 1.70. The maximum atomic E-state index is 12.7. The molecule has 0 radical (unpaired) electrons. The lowest BCUT2D eigenvalue weighted by atomic mass is 9.88. The monoisotopic (exact) mass is 337 g/mol. The number of amides is 1. The number of ketones is 1. The minimum Gasteiger partial charge on any atom is -0.460 e. The van der Waals surface area contributed by atoms with E-state index in [1.54, 1.807) is 0 Å². The lowest BCUT2D eigenvalue weighted by molar-refractivity contribution is -0.163. The molecule has 0 N–H and O–H groups in total. The molecule has 5 heteroatoms. The molecule has 1 aliphatic heterocycles. The number of carbonyl (C=O) groups is 3. The summed E-state index contributed by atoms with van der Waals surface area (Å²) in [6.07, 6.45) is 0. The third kappa shape index (κ3) is 3.31. The van der Waals surface area contributed by atoms with Gasteiger partial charge in [-0.2, -0.15) is 0 Å². The number of rotatable bonds is 5. The van der Waals surface area contributed by atoms with E-state index < -0.39 is 23.1 Å². The number of benzene rings is 2. The van der Waals surface area contributed by atoms with Gasteiger partial charge < -0.3 is 9.64 Å². The van der Waals surface area contributed by atoms with Crippen molar-refractivity contribution in [1.82, 2.24) is 4.90 Å². The van der Waals surface area contributed by atoms with E-state index in [1.807, 2.05) is 60.7 Å². The molecule has 1 saturated heterocycles. The average molecular weight is 337 g/mol. The molecule has 5 nitrogen and oxygen atoms in total. The molecule has 0 saturated carbocycles. The van der Waals surface area contributed by atoms with E-state index in [9.17, 15) is 14.4 Å². The third-order valence-corrected chi connectivity index (χ3v) is 4.44. The Bertz CT molecular complexity index is 788. The highest BCUT2D eigenvalue weighted by Gasteiger charge is 2.56. The Labute approximate surface area is 146 Å². The minimum atomic E-state index is -1.76. The van der Waals surface area contributed by atoms with E-state index in [0.29, 0.717) is 6.54 Å². The lowest BCUT2D eigenvalue weighted by Gasteiger charge is -2.20. The number of Topliss-reactive ketones (excluding diaryl/α,β-unsaturated/α-hetero) is 1. The second-order valence-corrected chi connectivity index (χ2v) is 6.26. The number of ether oxygens (including phenoxy) is 1. The predicted octanol–water partition coefficient (Wildman–Crippen LogP) is 2.35. The molecule has 2 aromatic rings. The molecule has 1 atom stereocenters. The first-order valence-electron chi connectivity index (χ1n) is 8.09. The normalized spacial score (nSPS) is 20.0. The average Bonchev–Trinajstić information content (AvgIpc) is 2.86. The molecular formula is C20H19NO4. The molecule has 1 heterocycles. The van der Waals surface area contributed by atoms with Gasteiger partial charge in [0.25, 0.3) is 0 Å². The van der Waals surface area contributed by atoms with E-state index in [0.717, 1.165) is 11.1 Å². The Kier molecular flexibility index (Phi) is 4.65. The maximum Gasteiger partial charge on any atom is 0.329 e. The van der Waals surface area contributed by atoms with E-state index in [-0.39, 0.29) is 13.2 Å². The molecule has 128 valence electrons. The van der Waals surface area contributed by atoms with Crippen LogP contribution in [-0.2, 0) is 32.3 Å². The Morgan fingerprint density at radius 2 is 1.56 bits per heavy atom. The van der Waals surface area contributed by atoms with Gasteiger partial charge in [0.2, 0.25) is 11.3 Å². The summed E-state index contributed by atoms with van der Waals surface area (Å²) in [5, 5.41) is 0. The standard InChI is InChI=1S/C20H19NO4/c1-20(19(24)25-14-16-10-6-3-7-11-16)17(22)13-21(18(20)23)12-15-8-4-2-5-9-15/h2-11H,12-14H2,1H3. The van der Waals surface area contributed by atoms with Gasteiger partial charge >= 0.3 is 5.97 Å². The zero-order chi connectivity index (χ0) is 17.9. The van der Waals surface area contributed by atoms with Gasteiger partial charge in [-0.3, -0.25) is 14.4 Å². The van der Waals surface area contributed by atoms with Crippen molar-refractivity contribution in [3.8, 4) is 0 Å². The molecule has 2 aromatic carbocycles. The van der Waals surface area contributed by atoms with Crippen LogP contribution < -0.4 is 0 Å². The lowest BCUT2D eigenvalue weighted by Crippen LogP contribution is -2.42. The van der Waals surface area contributed by atoms with Gasteiger partial charge in [-0.15, -0.1) is 0 Å². The molecule has 1 aliphatic rings. The van der Waals surface area contributed by atoms with Crippen LogP contribution in [-0.4, -0.2) is 29.1 Å². The number of likely N-dealkylation sites (tertiary alicyclic amines) is 1. The molecule has 1 amide bonds. The van der Waals surface area contributed by atoms with E-state index in [2.05, 4.69) is 0 Å². The number of hydrogen-bond acceptors (Lipinski definition) is 4. The topological polar surface area (TPSA) is 63.7 Å². The summed E-state index contributed by atoms with van der Waals surface area (Å²) < 4.78 is 5.25. The van der Waals surface area contributed by atoms with Crippen molar-refractivity contribution >= 4 is 17.7 Å². The summed E-state index contributed by atoms with van der Waals surface area (Å²) in [5.41, 5.74) is -0.0483. The minimum absolute atomic E-state index is 0.0362.